The number of aliphatic imine (C=N–C) groups is 2. The van der Waals surface area contributed by atoms with Crippen molar-refractivity contribution in [2.45, 2.75) is 25.4 Å². The third-order valence-corrected chi connectivity index (χ3v) is 2.81. The van der Waals surface area contributed by atoms with Crippen molar-refractivity contribution in [2.75, 3.05) is 19.0 Å². The number of esters is 1. The molecule has 140 valence electrons. The van der Waals surface area contributed by atoms with E-state index in [2.05, 4.69) is 30.0 Å². The van der Waals surface area contributed by atoms with Crippen LogP contribution in [0.1, 0.15) is 25.1 Å². The number of carbonyl (C=O) groups is 1. The Morgan fingerprint density at radius 3 is 2.81 bits per heavy atom. The van der Waals surface area contributed by atoms with Crippen LogP contribution in [0.25, 0.3) is 0 Å². The maximum atomic E-state index is 12.1. The van der Waals surface area contributed by atoms with E-state index in [1.54, 1.807) is 6.19 Å². The lowest BCUT2D eigenvalue weighted by atomic mass is 10.1. The van der Waals surface area contributed by atoms with Gasteiger partial charge in [0, 0.05) is 12.6 Å². The zero-order valence-electron chi connectivity index (χ0n) is 13.7. The molecule has 0 unspecified atom stereocenters. The van der Waals surface area contributed by atoms with Crippen LogP contribution in [0.5, 0.6) is 0 Å². The fraction of sp³-hybridized carbons (Fsp3) is 0.429. The summed E-state index contributed by atoms with van der Waals surface area (Å²) >= 11 is 0. The molecule has 0 radical (unpaired) electrons. The molecule has 0 atom stereocenters. The number of rotatable bonds is 7. The number of halogens is 3. The van der Waals surface area contributed by atoms with Crippen molar-refractivity contribution >= 4 is 23.5 Å². The molecule has 0 aliphatic rings. The number of hydrogen-bond donors (Lipinski definition) is 2. The minimum absolute atomic E-state index is 0.0741. The van der Waals surface area contributed by atoms with Gasteiger partial charge in [-0.3, -0.25) is 4.79 Å². The largest absolute Gasteiger partial charge is 0.469 e. The Morgan fingerprint density at radius 2 is 2.19 bits per heavy atom. The molecule has 1 aromatic rings. The number of carbonyl (C=O) groups excluding carboxylic acids is 1. The summed E-state index contributed by atoms with van der Waals surface area (Å²) in [6.07, 6.45) is -0.851. The maximum absolute atomic E-state index is 12.1. The van der Waals surface area contributed by atoms with Crippen LogP contribution in [0, 0.1) is 11.5 Å². The number of anilines is 1. The van der Waals surface area contributed by atoms with Crippen LogP contribution in [0.3, 0.4) is 0 Å². The fourth-order valence-electron chi connectivity index (χ4n) is 1.69. The summed E-state index contributed by atoms with van der Waals surface area (Å²) in [5, 5.41) is 11.2. The molecular formula is C14H16F3N7O2. The fourth-order valence-corrected chi connectivity index (χ4v) is 1.69. The zero-order valence-corrected chi connectivity index (χ0v) is 13.7. The van der Waals surface area contributed by atoms with Gasteiger partial charge < -0.3 is 15.8 Å². The lowest BCUT2D eigenvalue weighted by Gasteiger charge is -2.08. The van der Waals surface area contributed by atoms with E-state index in [4.69, 9.17) is 11.0 Å². The van der Waals surface area contributed by atoms with Crippen LogP contribution in [-0.2, 0) is 9.53 Å². The minimum Gasteiger partial charge on any atom is -0.469 e. The van der Waals surface area contributed by atoms with E-state index in [1.165, 1.54) is 19.4 Å². The maximum Gasteiger partial charge on any atom is 0.408 e. The van der Waals surface area contributed by atoms with Crippen molar-refractivity contribution < 1.29 is 22.7 Å². The van der Waals surface area contributed by atoms with Crippen molar-refractivity contribution in [2.24, 2.45) is 15.7 Å². The molecule has 1 aromatic heterocycles. The Balaban J connectivity index is 2.83. The normalized spacial score (nSPS) is 12.4. The molecule has 1 rings (SSSR count). The van der Waals surface area contributed by atoms with Crippen LogP contribution < -0.4 is 11.1 Å². The van der Waals surface area contributed by atoms with Crippen LogP contribution >= 0.6 is 0 Å². The van der Waals surface area contributed by atoms with Gasteiger partial charge in [0.1, 0.15) is 12.4 Å². The Labute approximate surface area is 146 Å². The van der Waals surface area contributed by atoms with Gasteiger partial charge in [0.2, 0.25) is 6.19 Å². The lowest BCUT2D eigenvalue weighted by Crippen LogP contribution is -2.26. The van der Waals surface area contributed by atoms with Crippen molar-refractivity contribution in [1.29, 1.82) is 5.26 Å². The van der Waals surface area contributed by atoms with E-state index in [9.17, 15) is 18.0 Å². The van der Waals surface area contributed by atoms with Gasteiger partial charge in [-0.1, -0.05) is 0 Å². The predicted octanol–water partition coefficient (Wildman–Crippen LogP) is 1.38. The molecule has 0 saturated heterocycles. The van der Waals surface area contributed by atoms with Gasteiger partial charge in [-0.05, 0) is 18.9 Å². The molecule has 1 heterocycles. The third kappa shape index (κ3) is 8.04. The first-order chi connectivity index (χ1) is 12.2. The number of nitrogens with one attached hydrogen (secondary N) is 1. The average molecular weight is 371 g/mol. The first-order valence-electron chi connectivity index (χ1n) is 7.24. The number of nitriles is 1. The highest BCUT2D eigenvalue weighted by Gasteiger charge is 2.26. The quantitative estimate of drug-likeness (QED) is 0.319. The van der Waals surface area contributed by atoms with Gasteiger partial charge in [0.25, 0.3) is 0 Å². The molecule has 0 fully saturated rings. The molecule has 26 heavy (non-hydrogen) atoms. The second-order valence-corrected chi connectivity index (χ2v) is 4.80. The number of guanidine groups is 1. The molecule has 3 N–H and O–H groups in total. The van der Waals surface area contributed by atoms with Crippen molar-refractivity contribution in [1.82, 2.24) is 9.97 Å². The highest BCUT2D eigenvalue weighted by Crippen LogP contribution is 2.14. The summed E-state index contributed by atoms with van der Waals surface area (Å²) in [7, 11) is 1.26. The minimum atomic E-state index is -4.48. The standard InChI is InChI=1S/C14H16F3N7O2/c1-26-11(25)4-2-3-9(22-8-18)12-20-6-5-10(23-12)24-13(19)21-7-14(15,16)17/h5-6H,2-4,7H2,1H3,(H3,19,20,21,23,24). The summed E-state index contributed by atoms with van der Waals surface area (Å²) in [6, 6.07) is 1.36. The van der Waals surface area contributed by atoms with E-state index in [0.29, 0.717) is 6.42 Å². The summed E-state index contributed by atoms with van der Waals surface area (Å²) in [5.41, 5.74) is 5.58. The average Bonchev–Trinajstić information content (AvgIpc) is 2.58. The summed E-state index contributed by atoms with van der Waals surface area (Å²) < 4.78 is 40.9. The topological polar surface area (TPSA) is 139 Å². The van der Waals surface area contributed by atoms with E-state index in [-0.39, 0.29) is 30.2 Å². The Kier molecular flexibility index (Phi) is 7.94. The third-order valence-electron chi connectivity index (χ3n) is 2.81. The molecule has 0 saturated carbocycles. The predicted molar refractivity (Wildman–Crippen MR) is 86.2 cm³/mol. The van der Waals surface area contributed by atoms with Crippen molar-refractivity contribution in [3.63, 3.8) is 0 Å². The first-order valence-corrected chi connectivity index (χ1v) is 7.24. The van der Waals surface area contributed by atoms with Crippen molar-refractivity contribution in [3.8, 4) is 6.19 Å². The summed E-state index contributed by atoms with van der Waals surface area (Å²) in [6.45, 7) is -1.43. The number of methoxy groups -OCH3 is 1. The zero-order chi connectivity index (χ0) is 19.6. The highest BCUT2D eigenvalue weighted by molar-refractivity contribution is 5.99. The van der Waals surface area contributed by atoms with E-state index >= 15 is 0 Å². The van der Waals surface area contributed by atoms with Crippen LogP contribution in [-0.4, -0.2) is 47.4 Å². The van der Waals surface area contributed by atoms with Crippen LogP contribution in [0.2, 0.25) is 0 Å². The molecule has 0 spiro atoms. The van der Waals surface area contributed by atoms with Gasteiger partial charge in [-0.2, -0.15) is 23.4 Å². The van der Waals surface area contributed by atoms with Gasteiger partial charge in [0.05, 0.1) is 12.8 Å². The second kappa shape index (κ2) is 9.92. The molecule has 0 amide bonds. The van der Waals surface area contributed by atoms with E-state index < -0.39 is 24.6 Å². The monoisotopic (exact) mass is 371 g/mol. The number of alkyl halides is 3. The van der Waals surface area contributed by atoms with Gasteiger partial charge in [0.15, 0.2) is 11.8 Å². The van der Waals surface area contributed by atoms with Crippen molar-refractivity contribution in [3.05, 3.63) is 18.1 Å². The molecule has 9 nitrogen and oxygen atoms in total. The summed E-state index contributed by atoms with van der Waals surface area (Å²) in [4.78, 5) is 25.9. The van der Waals surface area contributed by atoms with Crippen LogP contribution in [0.4, 0.5) is 19.0 Å². The number of hydrogen-bond acceptors (Lipinski definition) is 7. The number of ether oxygens (including phenoxy) is 1. The Bertz CT molecular complexity index is 726. The molecule has 0 aliphatic carbocycles. The Hall–Kier alpha value is -3.23. The number of nitrogens with two attached hydrogens (primary N) is 1. The van der Waals surface area contributed by atoms with Gasteiger partial charge in [-0.25, -0.2) is 15.0 Å². The first kappa shape index (κ1) is 20.8. The van der Waals surface area contributed by atoms with E-state index in [1.807, 2.05) is 0 Å². The molecule has 0 bridgehead atoms. The number of nitrogens with zero attached hydrogens (tertiary/aromatic N) is 5. The Morgan fingerprint density at radius 1 is 1.46 bits per heavy atom. The SMILES string of the molecule is COC(=O)CCCC(=NC#N)c1nccc(NC(N)=NCC(F)(F)F)n1. The summed E-state index contributed by atoms with van der Waals surface area (Å²) in [5.74, 6) is -0.732. The second-order valence-electron chi connectivity index (χ2n) is 4.80. The van der Waals surface area contributed by atoms with Gasteiger partial charge in [-0.15, -0.1) is 0 Å². The molecule has 0 aliphatic heterocycles. The molecule has 12 heteroatoms. The highest BCUT2D eigenvalue weighted by atomic mass is 19.4. The molecular weight excluding hydrogens is 355 g/mol. The number of aromatic nitrogens is 2. The molecule has 0 aromatic carbocycles. The lowest BCUT2D eigenvalue weighted by molar-refractivity contribution is -0.140. The van der Waals surface area contributed by atoms with Crippen LogP contribution in [0.15, 0.2) is 22.2 Å². The smallest absolute Gasteiger partial charge is 0.408 e. The van der Waals surface area contributed by atoms with E-state index in [0.717, 1.165) is 0 Å². The van der Waals surface area contributed by atoms with Gasteiger partial charge >= 0.3 is 12.1 Å².